The lowest BCUT2D eigenvalue weighted by molar-refractivity contribution is 0.0751. The number of nitrogens with zero attached hydrogens (tertiary/aromatic N) is 2. The average molecular weight is 267 g/mol. The zero-order chi connectivity index (χ0) is 13.8. The molecule has 0 amide bonds. The van der Waals surface area contributed by atoms with Crippen molar-refractivity contribution in [2.24, 2.45) is 11.8 Å². The molecule has 0 aliphatic heterocycles. The summed E-state index contributed by atoms with van der Waals surface area (Å²) in [5.41, 5.74) is 0. The number of rotatable bonds is 8. The molecule has 0 bridgehead atoms. The standard InChI is InChI=1S/C14H25N3O2/c1-5-15-11(9(2)3)8-12-16-14(17-19-12)13(18-4)10-6-7-10/h9-11,13,15H,5-8H2,1-4H3. The van der Waals surface area contributed by atoms with Gasteiger partial charge >= 0.3 is 0 Å². The van der Waals surface area contributed by atoms with Crippen molar-refractivity contribution in [3.05, 3.63) is 11.7 Å². The Morgan fingerprint density at radius 3 is 2.68 bits per heavy atom. The van der Waals surface area contributed by atoms with E-state index in [1.54, 1.807) is 7.11 Å². The molecule has 108 valence electrons. The van der Waals surface area contributed by atoms with Crippen LogP contribution in [0.25, 0.3) is 0 Å². The molecule has 1 N–H and O–H groups in total. The molecule has 5 heteroatoms. The van der Waals surface area contributed by atoms with Crippen LogP contribution in [0.2, 0.25) is 0 Å². The molecule has 0 spiro atoms. The van der Waals surface area contributed by atoms with Gasteiger partial charge in [-0.1, -0.05) is 25.9 Å². The lowest BCUT2D eigenvalue weighted by Crippen LogP contribution is -2.35. The lowest BCUT2D eigenvalue weighted by Gasteiger charge is -2.19. The summed E-state index contributed by atoms with van der Waals surface area (Å²) in [5.74, 6) is 2.53. The highest BCUT2D eigenvalue weighted by Gasteiger charge is 2.35. The lowest BCUT2D eigenvalue weighted by atomic mass is 10.0. The topological polar surface area (TPSA) is 60.2 Å². The first-order chi connectivity index (χ1) is 9.15. The number of likely N-dealkylation sites (N-methyl/N-ethyl adjacent to an activating group) is 1. The summed E-state index contributed by atoms with van der Waals surface area (Å²) in [4.78, 5) is 4.50. The van der Waals surface area contributed by atoms with Gasteiger partial charge in [-0.25, -0.2) is 0 Å². The van der Waals surface area contributed by atoms with Crippen molar-refractivity contribution in [2.45, 2.75) is 52.2 Å². The summed E-state index contributed by atoms with van der Waals surface area (Å²) in [6.45, 7) is 7.47. The van der Waals surface area contributed by atoms with Crippen molar-refractivity contribution in [3.63, 3.8) is 0 Å². The minimum absolute atomic E-state index is 0.00846. The second-order valence-corrected chi connectivity index (χ2v) is 5.65. The quantitative estimate of drug-likeness (QED) is 0.783. The molecule has 1 aliphatic rings. The summed E-state index contributed by atoms with van der Waals surface area (Å²) in [6.07, 6.45) is 3.19. The first-order valence-corrected chi connectivity index (χ1v) is 7.24. The maximum atomic E-state index is 5.47. The fourth-order valence-electron chi connectivity index (χ4n) is 2.37. The molecule has 2 atom stereocenters. The van der Waals surface area contributed by atoms with Crippen LogP contribution >= 0.6 is 0 Å². The average Bonchev–Trinajstić information content (AvgIpc) is 3.10. The van der Waals surface area contributed by atoms with Gasteiger partial charge in [-0.15, -0.1) is 0 Å². The second-order valence-electron chi connectivity index (χ2n) is 5.65. The molecule has 0 radical (unpaired) electrons. The fourth-order valence-corrected chi connectivity index (χ4v) is 2.37. The number of hydrogen-bond acceptors (Lipinski definition) is 5. The Bertz CT molecular complexity index is 388. The maximum absolute atomic E-state index is 5.47. The molecule has 0 aromatic carbocycles. The van der Waals surface area contributed by atoms with E-state index in [1.807, 2.05) is 0 Å². The van der Waals surface area contributed by atoms with E-state index in [4.69, 9.17) is 9.26 Å². The Hall–Kier alpha value is -0.940. The Labute approximate surface area is 115 Å². The smallest absolute Gasteiger partial charge is 0.228 e. The van der Waals surface area contributed by atoms with E-state index in [1.165, 1.54) is 12.8 Å². The molecule has 1 saturated carbocycles. The van der Waals surface area contributed by atoms with Crippen LogP contribution in [0, 0.1) is 11.8 Å². The number of aromatic nitrogens is 2. The zero-order valence-corrected chi connectivity index (χ0v) is 12.3. The van der Waals surface area contributed by atoms with Crippen molar-refractivity contribution >= 4 is 0 Å². The van der Waals surface area contributed by atoms with E-state index in [2.05, 4.69) is 36.2 Å². The summed E-state index contributed by atoms with van der Waals surface area (Å²) < 4.78 is 10.8. The monoisotopic (exact) mass is 267 g/mol. The largest absolute Gasteiger partial charge is 0.373 e. The Morgan fingerprint density at radius 2 is 2.16 bits per heavy atom. The van der Waals surface area contributed by atoms with Gasteiger partial charge in [0.15, 0.2) is 0 Å². The van der Waals surface area contributed by atoms with Gasteiger partial charge in [0.25, 0.3) is 0 Å². The molecule has 2 unspecified atom stereocenters. The predicted molar refractivity (Wildman–Crippen MR) is 72.8 cm³/mol. The van der Waals surface area contributed by atoms with E-state index in [0.717, 1.165) is 13.0 Å². The molecule has 1 heterocycles. The predicted octanol–water partition coefficient (Wildman–Crippen LogP) is 2.34. The highest BCUT2D eigenvalue weighted by Crippen LogP contribution is 2.41. The summed E-state index contributed by atoms with van der Waals surface area (Å²) in [7, 11) is 1.72. The van der Waals surface area contributed by atoms with Crippen molar-refractivity contribution in [1.82, 2.24) is 15.5 Å². The van der Waals surface area contributed by atoms with E-state index < -0.39 is 0 Å². The summed E-state index contributed by atoms with van der Waals surface area (Å²) >= 11 is 0. The van der Waals surface area contributed by atoms with Crippen LogP contribution < -0.4 is 5.32 Å². The Morgan fingerprint density at radius 1 is 1.42 bits per heavy atom. The Balaban J connectivity index is 1.99. The van der Waals surface area contributed by atoms with Crippen molar-refractivity contribution in [2.75, 3.05) is 13.7 Å². The first-order valence-electron chi connectivity index (χ1n) is 7.24. The molecule has 19 heavy (non-hydrogen) atoms. The van der Waals surface area contributed by atoms with Crippen LogP contribution in [0.4, 0.5) is 0 Å². The van der Waals surface area contributed by atoms with E-state index in [0.29, 0.717) is 29.6 Å². The van der Waals surface area contributed by atoms with Crippen LogP contribution in [-0.4, -0.2) is 29.8 Å². The molecule has 5 nitrogen and oxygen atoms in total. The molecule has 2 rings (SSSR count). The van der Waals surface area contributed by atoms with Gasteiger partial charge in [-0.3, -0.25) is 0 Å². The van der Waals surface area contributed by atoms with E-state index in [-0.39, 0.29) is 6.10 Å². The van der Waals surface area contributed by atoms with Gasteiger partial charge in [0.2, 0.25) is 11.7 Å². The van der Waals surface area contributed by atoms with Crippen LogP contribution in [0.15, 0.2) is 4.52 Å². The van der Waals surface area contributed by atoms with Gasteiger partial charge in [-0.2, -0.15) is 4.98 Å². The minimum atomic E-state index is 0.00846. The van der Waals surface area contributed by atoms with E-state index in [9.17, 15) is 0 Å². The zero-order valence-electron chi connectivity index (χ0n) is 12.3. The third kappa shape index (κ3) is 3.76. The first kappa shape index (κ1) is 14.5. The number of hydrogen-bond donors (Lipinski definition) is 1. The molecule has 0 saturated heterocycles. The molecule has 1 aromatic rings. The Kier molecular flexibility index (Phi) is 4.93. The summed E-state index contributed by atoms with van der Waals surface area (Å²) in [5, 5.41) is 7.54. The van der Waals surface area contributed by atoms with Crippen molar-refractivity contribution in [3.8, 4) is 0 Å². The molecular formula is C14H25N3O2. The van der Waals surface area contributed by atoms with Gasteiger partial charge in [-0.05, 0) is 31.2 Å². The third-order valence-electron chi connectivity index (χ3n) is 3.71. The summed E-state index contributed by atoms with van der Waals surface area (Å²) in [6, 6.07) is 0.375. The van der Waals surface area contributed by atoms with Gasteiger partial charge in [0, 0.05) is 19.6 Å². The maximum Gasteiger partial charge on any atom is 0.228 e. The number of ether oxygens (including phenoxy) is 1. The highest BCUT2D eigenvalue weighted by atomic mass is 16.5. The fraction of sp³-hybridized carbons (Fsp3) is 0.857. The van der Waals surface area contributed by atoms with E-state index >= 15 is 0 Å². The van der Waals surface area contributed by atoms with Gasteiger partial charge in [0.05, 0.1) is 0 Å². The molecule has 1 aliphatic carbocycles. The van der Waals surface area contributed by atoms with Crippen LogP contribution in [0.5, 0.6) is 0 Å². The number of nitrogens with one attached hydrogen (secondary N) is 1. The molecule has 1 aromatic heterocycles. The van der Waals surface area contributed by atoms with Gasteiger partial charge in [0.1, 0.15) is 6.10 Å². The SMILES string of the molecule is CCNC(Cc1nc(C(OC)C2CC2)no1)C(C)C. The second kappa shape index (κ2) is 6.48. The van der Waals surface area contributed by atoms with Crippen molar-refractivity contribution < 1.29 is 9.26 Å². The highest BCUT2D eigenvalue weighted by molar-refractivity contribution is 4.99. The minimum Gasteiger partial charge on any atom is -0.373 e. The molecule has 1 fully saturated rings. The van der Waals surface area contributed by atoms with Crippen LogP contribution in [0.1, 0.15) is 51.4 Å². The molecular weight excluding hydrogens is 242 g/mol. The number of methoxy groups -OCH3 is 1. The van der Waals surface area contributed by atoms with Crippen molar-refractivity contribution in [1.29, 1.82) is 0 Å². The van der Waals surface area contributed by atoms with Crippen LogP contribution in [-0.2, 0) is 11.2 Å². The normalized spacial score (nSPS) is 18.8. The van der Waals surface area contributed by atoms with Gasteiger partial charge < -0.3 is 14.6 Å². The van der Waals surface area contributed by atoms with Crippen LogP contribution in [0.3, 0.4) is 0 Å². The third-order valence-corrected chi connectivity index (χ3v) is 3.71.